The van der Waals surface area contributed by atoms with Gasteiger partial charge in [-0.2, -0.15) is 5.26 Å². The van der Waals surface area contributed by atoms with Crippen LogP contribution in [0.4, 0.5) is 0 Å². The van der Waals surface area contributed by atoms with Gasteiger partial charge in [0.2, 0.25) is 0 Å². The Morgan fingerprint density at radius 3 is 2.67 bits per heavy atom. The number of nitrogens with zero attached hydrogens (tertiary/aromatic N) is 1. The van der Waals surface area contributed by atoms with Crippen LogP contribution in [0.5, 0.6) is 5.75 Å². The van der Waals surface area contributed by atoms with E-state index in [1.165, 1.54) is 0 Å². The molecule has 0 aliphatic heterocycles. The summed E-state index contributed by atoms with van der Waals surface area (Å²) in [5.41, 5.74) is 1.61. The van der Waals surface area contributed by atoms with Crippen LogP contribution >= 0.6 is 15.9 Å². The summed E-state index contributed by atoms with van der Waals surface area (Å²) < 4.78 is 5.86. The maximum absolute atomic E-state index is 8.73. The zero-order chi connectivity index (χ0) is 9.14. The molecule has 0 N–H and O–H groups in total. The fourth-order valence-corrected chi connectivity index (χ4v) is 1.25. The topological polar surface area (TPSA) is 33.0 Å². The Morgan fingerprint density at radius 1 is 1.50 bits per heavy atom. The smallest absolute Gasteiger partial charge is 0.120 e. The average Bonchev–Trinajstić information content (AvgIpc) is 2.09. The van der Waals surface area contributed by atoms with Gasteiger partial charge in [-0.3, -0.25) is 0 Å². The van der Waals surface area contributed by atoms with Crippen LogP contribution in [-0.2, 0) is 0 Å². The second-order valence-corrected chi connectivity index (χ2v) is 3.21. The molecule has 12 heavy (non-hydrogen) atoms. The highest BCUT2D eigenvalue weighted by Gasteiger charge is 2.04. The minimum Gasteiger partial charge on any atom is -0.497 e. The molecule has 0 saturated heterocycles. The number of benzene rings is 1. The fraction of sp³-hybridized carbons (Fsp3) is 0.222. The highest BCUT2D eigenvalue weighted by Crippen LogP contribution is 2.25. The summed E-state index contributed by atoms with van der Waals surface area (Å²) in [7, 11) is 1.59. The third kappa shape index (κ3) is 1.59. The second kappa shape index (κ2) is 3.59. The summed E-state index contributed by atoms with van der Waals surface area (Å²) in [6, 6.07) is 5.67. The number of halogens is 1. The van der Waals surface area contributed by atoms with Gasteiger partial charge in [-0.25, -0.2) is 0 Å². The summed E-state index contributed by atoms with van der Waals surface area (Å²) >= 11 is 3.33. The first-order valence-corrected chi connectivity index (χ1v) is 4.22. The van der Waals surface area contributed by atoms with Gasteiger partial charge in [0.1, 0.15) is 11.8 Å². The van der Waals surface area contributed by atoms with E-state index in [1.807, 2.05) is 13.0 Å². The second-order valence-electron chi connectivity index (χ2n) is 2.42. The minimum atomic E-state index is 0.604. The van der Waals surface area contributed by atoms with Crippen molar-refractivity contribution < 1.29 is 4.74 Å². The van der Waals surface area contributed by atoms with Crippen molar-refractivity contribution >= 4 is 15.9 Å². The first-order chi connectivity index (χ1) is 5.69. The summed E-state index contributed by atoms with van der Waals surface area (Å²) in [5.74, 6) is 0.715. The van der Waals surface area contributed by atoms with Crippen LogP contribution in [0.3, 0.4) is 0 Å². The summed E-state index contributed by atoms with van der Waals surface area (Å²) in [6.07, 6.45) is 0. The lowest BCUT2D eigenvalue weighted by Gasteiger charge is -2.04. The monoisotopic (exact) mass is 225 g/mol. The van der Waals surface area contributed by atoms with Crippen LogP contribution in [0, 0.1) is 18.3 Å². The number of aryl methyl sites for hydroxylation is 1. The minimum absolute atomic E-state index is 0.604. The van der Waals surface area contributed by atoms with Crippen molar-refractivity contribution in [3.8, 4) is 11.8 Å². The van der Waals surface area contributed by atoms with Crippen LogP contribution < -0.4 is 4.74 Å². The largest absolute Gasteiger partial charge is 0.497 e. The van der Waals surface area contributed by atoms with Crippen LogP contribution in [-0.4, -0.2) is 7.11 Å². The van der Waals surface area contributed by atoms with Gasteiger partial charge in [-0.05, 0) is 40.5 Å². The van der Waals surface area contributed by atoms with Crippen molar-refractivity contribution in [3.05, 3.63) is 27.7 Å². The Morgan fingerprint density at radius 2 is 2.17 bits per heavy atom. The fourth-order valence-electron chi connectivity index (χ4n) is 0.936. The molecule has 1 aromatic carbocycles. The van der Waals surface area contributed by atoms with E-state index in [2.05, 4.69) is 22.0 Å². The van der Waals surface area contributed by atoms with Crippen molar-refractivity contribution in [3.63, 3.8) is 0 Å². The van der Waals surface area contributed by atoms with Gasteiger partial charge in [0.05, 0.1) is 12.7 Å². The quantitative estimate of drug-likeness (QED) is 0.737. The standard InChI is InChI=1S/C9H8BrNO/c1-6-3-8(12-2)4-7(5-11)9(6)10/h3-4H,1-2H3. The molecule has 1 rings (SSSR count). The van der Waals surface area contributed by atoms with E-state index in [4.69, 9.17) is 10.00 Å². The van der Waals surface area contributed by atoms with Gasteiger partial charge in [0.25, 0.3) is 0 Å². The zero-order valence-corrected chi connectivity index (χ0v) is 8.47. The molecule has 0 fully saturated rings. The lowest BCUT2D eigenvalue weighted by molar-refractivity contribution is 0.414. The molecule has 2 nitrogen and oxygen atoms in total. The van der Waals surface area contributed by atoms with E-state index in [9.17, 15) is 0 Å². The van der Waals surface area contributed by atoms with Gasteiger partial charge >= 0.3 is 0 Å². The molecule has 0 radical (unpaired) electrons. The molecule has 1 aromatic rings. The number of hydrogen-bond acceptors (Lipinski definition) is 2. The molecule has 0 atom stereocenters. The third-order valence-corrected chi connectivity index (χ3v) is 2.64. The molecular weight excluding hydrogens is 218 g/mol. The number of ether oxygens (including phenoxy) is 1. The summed E-state index contributed by atoms with van der Waals surface area (Å²) in [4.78, 5) is 0. The molecule has 0 aromatic heterocycles. The molecule has 62 valence electrons. The van der Waals surface area contributed by atoms with Gasteiger partial charge < -0.3 is 4.74 Å². The highest BCUT2D eigenvalue weighted by atomic mass is 79.9. The third-order valence-electron chi connectivity index (χ3n) is 1.58. The van der Waals surface area contributed by atoms with Crippen molar-refractivity contribution in [1.82, 2.24) is 0 Å². The molecule has 0 saturated carbocycles. The van der Waals surface area contributed by atoms with Crippen LogP contribution in [0.2, 0.25) is 0 Å². The number of rotatable bonds is 1. The van der Waals surface area contributed by atoms with Gasteiger partial charge in [-0.15, -0.1) is 0 Å². The molecule has 0 heterocycles. The first kappa shape index (κ1) is 9.08. The maximum atomic E-state index is 8.73. The molecule has 0 aliphatic carbocycles. The van der Waals surface area contributed by atoms with Crippen molar-refractivity contribution in [2.75, 3.05) is 7.11 Å². The molecule has 0 aliphatic rings. The number of nitriles is 1. The van der Waals surface area contributed by atoms with Crippen molar-refractivity contribution in [2.45, 2.75) is 6.92 Å². The van der Waals surface area contributed by atoms with E-state index in [-0.39, 0.29) is 0 Å². The predicted octanol–water partition coefficient (Wildman–Crippen LogP) is 2.64. The van der Waals surface area contributed by atoms with E-state index in [0.717, 1.165) is 10.0 Å². The molecule has 0 bridgehead atoms. The normalized spacial score (nSPS) is 9.17. The zero-order valence-electron chi connectivity index (χ0n) is 6.89. The predicted molar refractivity (Wildman–Crippen MR) is 50.1 cm³/mol. The number of methoxy groups -OCH3 is 1. The Hall–Kier alpha value is -1.01. The van der Waals surface area contributed by atoms with Crippen LogP contribution in [0.15, 0.2) is 16.6 Å². The average molecular weight is 226 g/mol. The molecule has 0 unspecified atom stereocenters. The summed E-state index contributed by atoms with van der Waals surface area (Å²) in [6.45, 7) is 1.92. The Balaban J connectivity index is 3.31. The Labute approximate surface area is 79.9 Å². The van der Waals surface area contributed by atoms with Gasteiger partial charge in [-0.1, -0.05) is 0 Å². The van der Waals surface area contributed by atoms with E-state index < -0.39 is 0 Å². The molecule has 3 heteroatoms. The molecular formula is C9H8BrNO. The summed E-state index contributed by atoms with van der Waals surface area (Å²) in [5, 5.41) is 8.73. The van der Waals surface area contributed by atoms with Gasteiger partial charge in [0, 0.05) is 4.47 Å². The highest BCUT2D eigenvalue weighted by molar-refractivity contribution is 9.10. The molecule has 0 amide bonds. The lowest BCUT2D eigenvalue weighted by Crippen LogP contribution is -1.88. The van der Waals surface area contributed by atoms with Crippen LogP contribution in [0.25, 0.3) is 0 Å². The van der Waals surface area contributed by atoms with Crippen LogP contribution in [0.1, 0.15) is 11.1 Å². The van der Waals surface area contributed by atoms with Crippen molar-refractivity contribution in [1.29, 1.82) is 5.26 Å². The maximum Gasteiger partial charge on any atom is 0.120 e. The SMILES string of the molecule is COc1cc(C)c(Br)c(C#N)c1. The van der Waals surface area contributed by atoms with E-state index in [1.54, 1.807) is 13.2 Å². The van der Waals surface area contributed by atoms with Crippen molar-refractivity contribution in [2.24, 2.45) is 0 Å². The number of hydrogen-bond donors (Lipinski definition) is 0. The molecule has 0 spiro atoms. The van der Waals surface area contributed by atoms with E-state index >= 15 is 0 Å². The van der Waals surface area contributed by atoms with Gasteiger partial charge in [0.15, 0.2) is 0 Å². The first-order valence-electron chi connectivity index (χ1n) is 3.43. The Kier molecular flexibility index (Phi) is 2.72. The van der Waals surface area contributed by atoms with E-state index in [0.29, 0.717) is 11.3 Å². The lowest BCUT2D eigenvalue weighted by atomic mass is 10.1. The Bertz CT molecular complexity index is 341.